The van der Waals surface area contributed by atoms with Gasteiger partial charge in [0.2, 0.25) is 11.1 Å². The topological polar surface area (TPSA) is 96.7 Å². The van der Waals surface area contributed by atoms with E-state index in [2.05, 4.69) is 20.5 Å². The van der Waals surface area contributed by atoms with Crippen LogP contribution >= 0.6 is 11.6 Å². The molecule has 154 valence electrons. The van der Waals surface area contributed by atoms with Crippen molar-refractivity contribution < 1.29 is 19.0 Å². The van der Waals surface area contributed by atoms with Crippen molar-refractivity contribution >= 4 is 34.5 Å². The SMILES string of the molecule is O=C(N/N=C/c1c(Oc2nc(Cl)ncc2F)ccc2ccccc12)c1ccccc1O. The molecule has 1 amide bonds. The minimum atomic E-state index is -0.784. The molecule has 4 rings (SSSR count). The number of amides is 1. The molecule has 0 atom stereocenters. The fourth-order valence-electron chi connectivity index (χ4n) is 2.89. The lowest BCUT2D eigenvalue weighted by molar-refractivity contribution is 0.0952. The number of carbonyl (C=O) groups excluding carboxylic acids is 1. The van der Waals surface area contributed by atoms with Crippen LogP contribution in [0.4, 0.5) is 4.39 Å². The Morgan fingerprint density at radius 2 is 1.90 bits per heavy atom. The molecule has 7 nitrogen and oxygen atoms in total. The van der Waals surface area contributed by atoms with Gasteiger partial charge in [-0.05, 0) is 40.6 Å². The first-order valence-electron chi connectivity index (χ1n) is 9.02. The first-order chi connectivity index (χ1) is 15.0. The van der Waals surface area contributed by atoms with Crippen molar-refractivity contribution in [2.75, 3.05) is 0 Å². The van der Waals surface area contributed by atoms with E-state index in [1.807, 2.05) is 24.3 Å². The molecule has 0 radical (unpaired) electrons. The maximum atomic E-state index is 14.1. The van der Waals surface area contributed by atoms with Gasteiger partial charge in [-0.2, -0.15) is 14.5 Å². The second-order valence-electron chi connectivity index (χ2n) is 6.31. The number of hydrazone groups is 1. The number of para-hydroxylation sites is 1. The van der Waals surface area contributed by atoms with Gasteiger partial charge in [-0.3, -0.25) is 4.79 Å². The Hall–Kier alpha value is -4.04. The zero-order valence-corrected chi connectivity index (χ0v) is 16.5. The molecule has 31 heavy (non-hydrogen) atoms. The Bertz CT molecular complexity index is 1310. The molecular weight excluding hydrogens is 423 g/mol. The first kappa shape index (κ1) is 20.2. The summed E-state index contributed by atoms with van der Waals surface area (Å²) in [5.41, 5.74) is 2.91. The summed E-state index contributed by atoms with van der Waals surface area (Å²) >= 11 is 5.74. The number of fused-ring (bicyclic) bond motifs is 1. The van der Waals surface area contributed by atoms with Gasteiger partial charge in [0, 0.05) is 5.56 Å². The zero-order valence-electron chi connectivity index (χ0n) is 15.8. The van der Waals surface area contributed by atoms with E-state index in [0.717, 1.165) is 17.0 Å². The number of rotatable bonds is 5. The van der Waals surface area contributed by atoms with Crippen molar-refractivity contribution in [1.82, 2.24) is 15.4 Å². The van der Waals surface area contributed by atoms with Crippen LogP contribution in [0.5, 0.6) is 17.4 Å². The van der Waals surface area contributed by atoms with E-state index >= 15 is 0 Å². The minimum Gasteiger partial charge on any atom is -0.507 e. The summed E-state index contributed by atoms with van der Waals surface area (Å²) in [6, 6.07) is 16.9. The standard InChI is InChI=1S/C22H14ClFN4O3/c23-22-25-12-17(24)21(27-22)31-19-10-9-13-5-1-2-6-14(13)16(19)11-26-28-20(30)15-7-3-4-8-18(15)29/h1-12,29H,(H,28,30)/b26-11+. The van der Waals surface area contributed by atoms with Crippen LogP contribution in [0, 0.1) is 5.82 Å². The molecule has 0 aliphatic heterocycles. The van der Waals surface area contributed by atoms with Crippen LogP contribution in [0.15, 0.2) is 72.0 Å². The molecule has 0 saturated carbocycles. The number of aromatic hydroxyl groups is 1. The number of carbonyl (C=O) groups is 1. The quantitative estimate of drug-likeness (QED) is 0.269. The number of benzene rings is 3. The minimum absolute atomic E-state index is 0.0757. The molecule has 0 aliphatic carbocycles. The van der Waals surface area contributed by atoms with E-state index in [-0.39, 0.29) is 28.2 Å². The number of nitrogens with one attached hydrogen (secondary N) is 1. The Morgan fingerprint density at radius 1 is 1.13 bits per heavy atom. The van der Waals surface area contributed by atoms with Crippen molar-refractivity contribution in [3.05, 3.63) is 89.1 Å². The van der Waals surface area contributed by atoms with Crippen LogP contribution in [0.1, 0.15) is 15.9 Å². The Balaban J connectivity index is 1.69. The van der Waals surface area contributed by atoms with Gasteiger partial charge >= 0.3 is 0 Å². The van der Waals surface area contributed by atoms with E-state index in [4.69, 9.17) is 16.3 Å². The van der Waals surface area contributed by atoms with Gasteiger partial charge < -0.3 is 9.84 Å². The number of halogens is 2. The molecule has 0 spiro atoms. The summed E-state index contributed by atoms with van der Waals surface area (Å²) in [6.45, 7) is 0. The molecular formula is C22H14ClFN4O3. The number of hydrogen-bond acceptors (Lipinski definition) is 6. The Labute approximate surface area is 180 Å². The average Bonchev–Trinajstić information content (AvgIpc) is 2.77. The number of hydrogen-bond donors (Lipinski definition) is 2. The normalized spacial score (nSPS) is 11.0. The molecule has 0 aliphatic rings. The van der Waals surface area contributed by atoms with Gasteiger partial charge in [0.15, 0.2) is 0 Å². The number of ether oxygens (including phenoxy) is 1. The van der Waals surface area contributed by atoms with Crippen LogP contribution in [0.2, 0.25) is 5.28 Å². The van der Waals surface area contributed by atoms with Gasteiger partial charge in [-0.25, -0.2) is 10.4 Å². The van der Waals surface area contributed by atoms with E-state index in [0.29, 0.717) is 5.56 Å². The van der Waals surface area contributed by atoms with Crippen LogP contribution < -0.4 is 10.2 Å². The van der Waals surface area contributed by atoms with E-state index < -0.39 is 11.7 Å². The van der Waals surface area contributed by atoms with E-state index in [1.165, 1.54) is 18.3 Å². The van der Waals surface area contributed by atoms with Crippen molar-refractivity contribution in [1.29, 1.82) is 0 Å². The number of nitrogens with zero attached hydrogens (tertiary/aromatic N) is 3. The number of aromatic nitrogens is 2. The molecule has 4 aromatic rings. The Kier molecular flexibility index (Phi) is 5.72. The monoisotopic (exact) mass is 436 g/mol. The van der Waals surface area contributed by atoms with Crippen LogP contribution in [-0.4, -0.2) is 27.2 Å². The summed E-state index contributed by atoms with van der Waals surface area (Å²) in [5, 5.41) is 15.3. The lowest BCUT2D eigenvalue weighted by Gasteiger charge is -2.11. The molecule has 3 aromatic carbocycles. The highest BCUT2D eigenvalue weighted by Gasteiger charge is 2.14. The molecule has 0 saturated heterocycles. The fourth-order valence-corrected chi connectivity index (χ4v) is 3.01. The van der Waals surface area contributed by atoms with Gasteiger partial charge in [-0.1, -0.05) is 42.5 Å². The molecule has 2 N–H and O–H groups in total. The third-order valence-corrected chi connectivity index (χ3v) is 4.51. The lowest BCUT2D eigenvalue weighted by atomic mass is 10.0. The largest absolute Gasteiger partial charge is 0.507 e. The predicted octanol–water partition coefficient (Wildman–Crippen LogP) is 4.68. The zero-order chi connectivity index (χ0) is 21.8. The molecule has 9 heteroatoms. The Morgan fingerprint density at radius 3 is 2.74 bits per heavy atom. The van der Waals surface area contributed by atoms with Crippen LogP contribution in [0.3, 0.4) is 0 Å². The average molecular weight is 437 g/mol. The molecule has 1 heterocycles. The summed E-state index contributed by atoms with van der Waals surface area (Å²) in [5.74, 6) is -1.64. The smallest absolute Gasteiger partial charge is 0.275 e. The summed E-state index contributed by atoms with van der Waals surface area (Å²) in [7, 11) is 0. The third-order valence-electron chi connectivity index (χ3n) is 4.33. The molecule has 0 bridgehead atoms. The number of phenols is 1. The highest BCUT2D eigenvalue weighted by Crippen LogP contribution is 2.31. The van der Waals surface area contributed by atoms with Crippen molar-refractivity contribution in [2.45, 2.75) is 0 Å². The maximum absolute atomic E-state index is 14.1. The highest BCUT2D eigenvalue weighted by molar-refractivity contribution is 6.28. The first-order valence-corrected chi connectivity index (χ1v) is 9.40. The van der Waals surface area contributed by atoms with E-state index in [9.17, 15) is 14.3 Å². The van der Waals surface area contributed by atoms with E-state index in [1.54, 1.807) is 24.3 Å². The van der Waals surface area contributed by atoms with Gasteiger partial charge in [0.1, 0.15) is 11.5 Å². The van der Waals surface area contributed by atoms with Crippen molar-refractivity contribution in [3.63, 3.8) is 0 Å². The van der Waals surface area contributed by atoms with Gasteiger partial charge in [0.25, 0.3) is 11.8 Å². The molecule has 1 aromatic heterocycles. The maximum Gasteiger partial charge on any atom is 0.275 e. The highest BCUT2D eigenvalue weighted by atomic mass is 35.5. The van der Waals surface area contributed by atoms with Crippen molar-refractivity contribution in [2.24, 2.45) is 5.10 Å². The summed E-state index contributed by atoms with van der Waals surface area (Å²) in [4.78, 5) is 19.6. The second kappa shape index (κ2) is 8.76. The summed E-state index contributed by atoms with van der Waals surface area (Å²) in [6.07, 6.45) is 2.28. The fraction of sp³-hybridized carbons (Fsp3) is 0. The van der Waals surface area contributed by atoms with Gasteiger partial charge in [0.05, 0.1) is 18.0 Å². The number of phenolic OH excluding ortho intramolecular Hbond substituents is 1. The lowest BCUT2D eigenvalue weighted by Crippen LogP contribution is -2.17. The predicted molar refractivity (Wildman–Crippen MR) is 114 cm³/mol. The third kappa shape index (κ3) is 4.44. The summed E-state index contributed by atoms with van der Waals surface area (Å²) < 4.78 is 19.7. The second-order valence-corrected chi connectivity index (χ2v) is 6.65. The van der Waals surface area contributed by atoms with Crippen molar-refractivity contribution in [3.8, 4) is 17.4 Å². The van der Waals surface area contributed by atoms with Crippen LogP contribution in [0.25, 0.3) is 10.8 Å². The molecule has 0 fully saturated rings. The van der Waals surface area contributed by atoms with Crippen LogP contribution in [-0.2, 0) is 0 Å². The molecule has 0 unspecified atom stereocenters. The van der Waals surface area contributed by atoms with Gasteiger partial charge in [-0.15, -0.1) is 0 Å².